The van der Waals surface area contributed by atoms with Crippen molar-refractivity contribution >= 4 is 17.6 Å². The average Bonchev–Trinajstić information content (AvgIpc) is 2.01. The Morgan fingerprint density at radius 2 is 2.08 bits per heavy atom. The van der Waals surface area contributed by atoms with E-state index in [9.17, 15) is 0 Å². The monoisotopic (exact) mass is 197 g/mol. The third-order valence-corrected chi connectivity index (χ3v) is 2.35. The van der Waals surface area contributed by atoms with Crippen molar-refractivity contribution < 1.29 is 0 Å². The van der Waals surface area contributed by atoms with Crippen molar-refractivity contribution in [1.29, 1.82) is 0 Å². The van der Waals surface area contributed by atoms with Crippen LogP contribution < -0.4 is 5.32 Å². The normalized spacial score (nSPS) is 10.5. The Labute approximate surface area is 83.4 Å². The number of nitrogens with one attached hydrogen (secondary N) is 1. The van der Waals surface area contributed by atoms with Crippen LogP contribution in [0, 0.1) is 6.92 Å². The van der Waals surface area contributed by atoms with Crippen molar-refractivity contribution in [3.63, 3.8) is 0 Å². The molecule has 0 amide bonds. The molecule has 0 saturated carbocycles. The number of rotatable bonds is 3. The fourth-order valence-electron chi connectivity index (χ4n) is 0.970. The Morgan fingerprint density at radius 3 is 2.62 bits per heavy atom. The fraction of sp³-hybridized carbons (Fsp3) is 0.556. The Kier molecular flexibility index (Phi) is 3.54. The lowest BCUT2D eigenvalue weighted by atomic mass is 10.5. The van der Waals surface area contributed by atoms with Gasteiger partial charge in [-0.2, -0.15) is 0 Å². The molecule has 1 aromatic rings. The van der Waals surface area contributed by atoms with Gasteiger partial charge >= 0.3 is 0 Å². The molecule has 1 N–H and O–H groups in total. The van der Waals surface area contributed by atoms with Crippen LogP contribution in [0.15, 0.2) is 11.1 Å². The molecule has 0 aliphatic carbocycles. The van der Waals surface area contributed by atoms with Crippen LogP contribution in [-0.4, -0.2) is 22.3 Å². The van der Waals surface area contributed by atoms with Crippen molar-refractivity contribution in [3.8, 4) is 0 Å². The van der Waals surface area contributed by atoms with Gasteiger partial charge in [0.1, 0.15) is 16.7 Å². The summed E-state index contributed by atoms with van der Waals surface area (Å²) in [5, 5.41) is 4.61. The summed E-state index contributed by atoms with van der Waals surface area (Å²) in [5.74, 6) is 1.70. The molecule has 0 unspecified atom stereocenters. The summed E-state index contributed by atoms with van der Waals surface area (Å²) in [7, 11) is 1.87. The maximum Gasteiger partial charge on any atom is 0.130 e. The van der Waals surface area contributed by atoms with Gasteiger partial charge in [0.15, 0.2) is 0 Å². The molecule has 0 aromatic carbocycles. The maximum absolute atomic E-state index is 4.33. The third kappa shape index (κ3) is 3.22. The summed E-state index contributed by atoms with van der Waals surface area (Å²) in [6.45, 7) is 6.22. The zero-order chi connectivity index (χ0) is 9.84. The molecule has 1 aromatic heterocycles. The number of thioether (sulfide) groups is 1. The van der Waals surface area contributed by atoms with Gasteiger partial charge in [-0.3, -0.25) is 0 Å². The molecule has 0 atom stereocenters. The Balaban J connectivity index is 2.88. The zero-order valence-corrected chi connectivity index (χ0v) is 9.27. The first-order valence-electron chi connectivity index (χ1n) is 4.32. The van der Waals surface area contributed by atoms with E-state index in [4.69, 9.17) is 0 Å². The van der Waals surface area contributed by atoms with E-state index in [0.717, 1.165) is 16.7 Å². The van der Waals surface area contributed by atoms with Gasteiger partial charge < -0.3 is 5.32 Å². The largest absolute Gasteiger partial charge is 0.373 e. The molecule has 4 heteroatoms. The first-order chi connectivity index (χ1) is 6.11. The van der Waals surface area contributed by atoms with Crippen LogP contribution in [0.25, 0.3) is 0 Å². The Hall–Kier alpha value is -0.770. The van der Waals surface area contributed by atoms with Crippen LogP contribution in [-0.2, 0) is 0 Å². The third-order valence-electron chi connectivity index (χ3n) is 1.43. The van der Waals surface area contributed by atoms with Crippen LogP contribution in [0.5, 0.6) is 0 Å². The predicted octanol–water partition coefficient (Wildman–Crippen LogP) is 2.33. The van der Waals surface area contributed by atoms with Gasteiger partial charge in [0.2, 0.25) is 0 Å². The van der Waals surface area contributed by atoms with Gasteiger partial charge in [0.25, 0.3) is 0 Å². The van der Waals surface area contributed by atoms with Crippen molar-refractivity contribution in [3.05, 3.63) is 11.9 Å². The van der Waals surface area contributed by atoms with Crippen molar-refractivity contribution in [1.82, 2.24) is 9.97 Å². The van der Waals surface area contributed by atoms with E-state index in [1.165, 1.54) is 0 Å². The maximum atomic E-state index is 4.33. The SMILES string of the molecule is CNc1cc(SC(C)C)nc(C)n1. The van der Waals surface area contributed by atoms with Crippen LogP contribution in [0.1, 0.15) is 19.7 Å². The second-order valence-electron chi connectivity index (χ2n) is 3.06. The number of nitrogens with zero attached hydrogens (tertiary/aromatic N) is 2. The van der Waals surface area contributed by atoms with E-state index < -0.39 is 0 Å². The highest BCUT2D eigenvalue weighted by Crippen LogP contribution is 2.22. The number of aryl methyl sites for hydroxylation is 1. The lowest BCUT2D eigenvalue weighted by molar-refractivity contribution is 0.962. The minimum absolute atomic E-state index is 0.555. The Morgan fingerprint density at radius 1 is 1.38 bits per heavy atom. The quantitative estimate of drug-likeness (QED) is 0.596. The standard InChI is InChI=1S/C9H15N3S/c1-6(2)13-9-5-8(10-4)11-7(3)12-9/h5-6H,1-4H3,(H,10,11,12). The molecule has 0 fully saturated rings. The van der Waals surface area contributed by atoms with E-state index in [-0.39, 0.29) is 0 Å². The summed E-state index contributed by atoms with van der Waals surface area (Å²) in [6, 6.07) is 1.97. The van der Waals surface area contributed by atoms with E-state index in [1.807, 2.05) is 20.0 Å². The summed E-state index contributed by atoms with van der Waals surface area (Å²) < 4.78 is 0. The molecule has 0 spiro atoms. The molecule has 1 heterocycles. The second-order valence-corrected chi connectivity index (χ2v) is 4.65. The zero-order valence-electron chi connectivity index (χ0n) is 8.46. The number of aromatic nitrogens is 2. The van der Waals surface area contributed by atoms with Crippen LogP contribution in [0.2, 0.25) is 0 Å². The molecule has 3 nitrogen and oxygen atoms in total. The molecule has 0 aliphatic rings. The molecule has 13 heavy (non-hydrogen) atoms. The van der Waals surface area contributed by atoms with Crippen LogP contribution in [0.3, 0.4) is 0 Å². The van der Waals surface area contributed by atoms with Crippen LogP contribution in [0.4, 0.5) is 5.82 Å². The number of hydrogen-bond acceptors (Lipinski definition) is 4. The highest BCUT2D eigenvalue weighted by molar-refractivity contribution is 7.99. The summed E-state index contributed by atoms with van der Waals surface area (Å²) in [6.07, 6.45) is 0. The molecule has 0 aliphatic heterocycles. The highest BCUT2D eigenvalue weighted by Gasteiger charge is 2.03. The topological polar surface area (TPSA) is 37.8 Å². The molecule has 0 bridgehead atoms. The number of hydrogen-bond donors (Lipinski definition) is 1. The summed E-state index contributed by atoms with van der Waals surface area (Å²) in [4.78, 5) is 8.56. The molecule has 1 rings (SSSR count). The van der Waals surface area contributed by atoms with E-state index in [1.54, 1.807) is 11.8 Å². The van der Waals surface area contributed by atoms with Gasteiger partial charge in [0, 0.05) is 18.4 Å². The number of anilines is 1. The van der Waals surface area contributed by atoms with E-state index >= 15 is 0 Å². The predicted molar refractivity (Wildman–Crippen MR) is 57.3 cm³/mol. The van der Waals surface area contributed by atoms with Gasteiger partial charge in [-0.25, -0.2) is 9.97 Å². The van der Waals surface area contributed by atoms with Crippen molar-refractivity contribution in [2.45, 2.75) is 31.0 Å². The molecular weight excluding hydrogens is 182 g/mol. The van der Waals surface area contributed by atoms with Crippen molar-refractivity contribution in [2.75, 3.05) is 12.4 Å². The fourth-order valence-corrected chi connectivity index (χ4v) is 1.82. The van der Waals surface area contributed by atoms with Gasteiger partial charge in [-0.1, -0.05) is 13.8 Å². The van der Waals surface area contributed by atoms with Crippen LogP contribution >= 0.6 is 11.8 Å². The van der Waals surface area contributed by atoms with Gasteiger partial charge in [-0.15, -0.1) is 11.8 Å². The Bertz CT molecular complexity index is 286. The first kappa shape index (κ1) is 10.3. The highest BCUT2D eigenvalue weighted by atomic mass is 32.2. The lowest BCUT2D eigenvalue weighted by Crippen LogP contribution is -1.98. The van der Waals surface area contributed by atoms with E-state index in [0.29, 0.717) is 5.25 Å². The molecule has 0 radical (unpaired) electrons. The van der Waals surface area contributed by atoms with Gasteiger partial charge in [0.05, 0.1) is 0 Å². The molecule has 72 valence electrons. The molecular formula is C9H15N3S. The second kappa shape index (κ2) is 4.46. The average molecular weight is 197 g/mol. The summed E-state index contributed by atoms with van der Waals surface area (Å²) >= 11 is 1.75. The summed E-state index contributed by atoms with van der Waals surface area (Å²) in [5.41, 5.74) is 0. The van der Waals surface area contributed by atoms with Crippen molar-refractivity contribution in [2.24, 2.45) is 0 Å². The smallest absolute Gasteiger partial charge is 0.130 e. The van der Waals surface area contributed by atoms with E-state index in [2.05, 4.69) is 29.1 Å². The lowest BCUT2D eigenvalue weighted by Gasteiger charge is -2.06. The van der Waals surface area contributed by atoms with Gasteiger partial charge in [-0.05, 0) is 6.92 Å². The minimum Gasteiger partial charge on any atom is -0.373 e. The first-order valence-corrected chi connectivity index (χ1v) is 5.20. The molecule has 0 saturated heterocycles. The minimum atomic E-state index is 0.555.